The first-order valence-corrected chi connectivity index (χ1v) is 12.9. The van der Waals surface area contributed by atoms with Crippen LogP contribution in [0, 0.1) is 11.8 Å². The molecule has 0 saturated carbocycles. The number of ether oxygens (including phenoxy) is 2. The van der Waals surface area contributed by atoms with Crippen LogP contribution in [0.15, 0.2) is 42.5 Å². The van der Waals surface area contributed by atoms with E-state index in [1.54, 1.807) is 17.9 Å². The van der Waals surface area contributed by atoms with Crippen molar-refractivity contribution in [3.8, 4) is 0 Å². The van der Waals surface area contributed by atoms with Crippen LogP contribution >= 0.6 is 0 Å². The number of nitrogens with zero attached hydrogens (tertiary/aromatic N) is 2. The van der Waals surface area contributed by atoms with E-state index in [2.05, 4.69) is 28.4 Å². The van der Waals surface area contributed by atoms with Gasteiger partial charge in [0.1, 0.15) is 0 Å². The summed E-state index contributed by atoms with van der Waals surface area (Å²) in [7, 11) is 0. The van der Waals surface area contributed by atoms with Crippen LogP contribution in [0.5, 0.6) is 0 Å². The van der Waals surface area contributed by atoms with Gasteiger partial charge in [-0.3, -0.25) is 4.90 Å². The van der Waals surface area contributed by atoms with Gasteiger partial charge in [-0.15, -0.1) is 0 Å². The van der Waals surface area contributed by atoms with Crippen LogP contribution in [0.2, 0.25) is 0 Å². The van der Waals surface area contributed by atoms with Gasteiger partial charge in [0.05, 0.1) is 24.4 Å². The first kappa shape index (κ1) is 25.1. The lowest BCUT2D eigenvalue weighted by atomic mass is 9.73. The minimum Gasteiger partial charge on any atom is -0.450 e. The third kappa shape index (κ3) is 5.27. The molecule has 2 fully saturated rings. The first-order valence-electron chi connectivity index (χ1n) is 12.9. The second kappa shape index (κ2) is 10.5. The number of carbonyl (C=O) groups excluding carboxylic acids is 1. The minimum absolute atomic E-state index is 0.0664. The van der Waals surface area contributed by atoms with E-state index in [-0.39, 0.29) is 36.2 Å². The Bertz CT molecular complexity index is 1000. The number of hydrogen-bond acceptors (Lipinski definition) is 5. The second-order valence-corrected chi connectivity index (χ2v) is 10.1. The highest BCUT2D eigenvalue weighted by atomic mass is 19.4. The Hall–Kier alpha value is -2.52. The predicted octanol–water partition coefficient (Wildman–Crippen LogP) is 5.24. The van der Waals surface area contributed by atoms with E-state index in [0.717, 1.165) is 44.1 Å². The van der Waals surface area contributed by atoms with Crippen LogP contribution in [-0.4, -0.2) is 67.4 Å². The minimum atomic E-state index is -4.40. The predicted molar refractivity (Wildman–Crippen MR) is 131 cm³/mol. The number of allylic oxidation sites excluding steroid dienone is 3. The number of rotatable bonds is 4. The standard InChI is InChI=1S/C27H34F3N3O3/c1-2-35-26(34)33-14-12-32(13-15-33)17-20-9-10-21-24(18-6-4-3-5-7-18)31-23-11-8-19(27(28,29)30)16-22(23)25(21)36-20/h3-6,8,11,16,18,20-21,24-25,31H,2,7,9-10,12-15,17H2,1H3/t18?,20-,21+,24+,25+/m1/s1. The van der Waals surface area contributed by atoms with Crippen molar-refractivity contribution < 1.29 is 27.4 Å². The monoisotopic (exact) mass is 505 g/mol. The van der Waals surface area contributed by atoms with Crippen LogP contribution < -0.4 is 5.32 Å². The third-order valence-corrected chi connectivity index (χ3v) is 7.85. The van der Waals surface area contributed by atoms with E-state index in [1.165, 1.54) is 6.07 Å². The molecular formula is C27H34F3N3O3. The number of amides is 1. The van der Waals surface area contributed by atoms with Gasteiger partial charge in [0.15, 0.2) is 0 Å². The van der Waals surface area contributed by atoms with Crippen LogP contribution in [0.4, 0.5) is 23.7 Å². The van der Waals surface area contributed by atoms with Crippen molar-refractivity contribution in [2.75, 3.05) is 44.6 Å². The van der Waals surface area contributed by atoms with Crippen molar-refractivity contribution in [2.45, 2.75) is 50.6 Å². The molecule has 2 saturated heterocycles. The van der Waals surface area contributed by atoms with Gasteiger partial charge in [-0.25, -0.2) is 4.79 Å². The zero-order valence-corrected chi connectivity index (χ0v) is 20.5. The summed E-state index contributed by atoms with van der Waals surface area (Å²) in [5, 5.41) is 3.57. The molecule has 1 aliphatic carbocycles. The topological polar surface area (TPSA) is 54.0 Å². The number of carbonyl (C=O) groups is 1. The molecule has 5 atom stereocenters. The Kier molecular flexibility index (Phi) is 7.30. The Morgan fingerprint density at radius 3 is 2.67 bits per heavy atom. The number of fused-ring (bicyclic) bond motifs is 3. The summed E-state index contributed by atoms with van der Waals surface area (Å²) in [6.45, 7) is 5.52. The third-order valence-electron chi connectivity index (χ3n) is 7.85. The molecule has 1 unspecified atom stereocenters. The van der Waals surface area contributed by atoms with Crippen molar-refractivity contribution in [1.29, 1.82) is 0 Å². The maximum Gasteiger partial charge on any atom is 0.416 e. The number of alkyl halides is 3. The summed E-state index contributed by atoms with van der Waals surface area (Å²) in [6, 6.07) is 4.09. The Labute approximate surface area is 210 Å². The molecule has 1 N–H and O–H groups in total. The number of nitrogens with one attached hydrogen (secondary N) is 1. The maximum absolute atomic E-state index is 13.6. The summed E-state index contributed by atoms with van der Waals surface area (Å²) in [6.07, 6.45) is 5.95. The normalized spacial score (nSPS) is 30.3. The molecule has 1 aromatic carbocycles. The fourth-order valence-corrected chi connectivity index (χ4v) is 6.01. The van der Waals surface area contributed by atoms with Crippen molar-refractivity contribution >= 4 is 11.8 Å². The summed E-state index contributed by atoms with van der Waals surface area (Å²) in [5.41, 5.74) is 0.709. The van der Waals surface area contributed by atoms with Gasteiger partial charge in [-0.1, -0.05) is 24.3 Å². The molecular weight excluding hydrogens is 471 g/mol. The van der Waals surface area contributed by atoms with Crippen molar-refractivity contribution in [3.63, 3.8) is 0 Å². The van der Waals surface area contributed by atoms with Crippen molar-refractivity contribution in [1.82, 2.24) is 9.80 Å². The number of benzene rings is 1. The van der Waals surface area contributed by atoms with Gasteiger partial charge < -0.3 is 19.7 Å². The highest BCUT2D eigenvalue weighted by Gasteiger charge is 2.45. The smallest absolute Gasteiger partial charge is 0.416 e. The molecule has 0 spiro atoms. The van der Waals surface area contributed by atoms with Crippen LogP contribution in [0.3, 0.4) is 0 Å². The Morgan fingerprint density at radius 1 is 1.17 bits per heavy atom. The van der Waals surface area contributed by atoms with Crippen LogP contribution in [0.1, 0.15) is 43.4 Å². The van der Waals surface area contributed by atoms with E-state index in [0.29, 0.717) is 31.8 Å². The molecule has 0 aromatic heterocycles. The molecule has 3 heterocycles. The van der Waals surface area contributed by atoms with E-state index in [4.69, 9.17) is 9.47 Å². The molecule has 196 valence electrons. The maximum atomic E-state index is 13.6. The zero-order valence-electron chi connectivity index (χ0n) is 20.5. The molecule has 1 amide bonds. The lowest BCUT2D eigenvalue weighted by Gasteiger charge is -2.48. The summed E-state index contributed by atoms with van der Waals surface area (Å²) in [5.74, 6) is 0.369. The fourth-order valence-electron chi connectivity index (χ4n) is 6.01. The van der Waals surface area contributed by atoms with Gasteiger partial charge in [0, 0.05) is 61.9 Å². The number of hydrogen-bond donors (Lipinski definition) is 1. The SMILES string of the molecule is CCOC(=O)N1CCN(C[C@H]2CC[C@@H]3[C@H](O2)c2cc(C(F)(F)F)ccc2N[C@H]3C2C=CC=CC2)CC1. The lowest BCUT2D eigenvalue weighted by Crippen LogP contribution is -2.52. The van der Waals surface area contributed by atoms with Gasteiger partial charge in [0.25, 0.3) is 0 Å². The fraction of sp³-hybridized carbons (Fsp3) is 0.593. The molecule has 6 nitrogen and oxygen atoms in total. The number of anilines is 1. The first-order chi connectivity index (χ1) is 17.3. The van der Waals surface area contributed by atoms with Crippen molar-refractivity contribution in [3.05, 3.63) is 53.6 Å². The molecule has 5 rings (SSSR count). The lowest BCUT2D eigenvalue weighted by molar-refractivity contribution is -0.138. The van der Waals surface area contributed by atoms with E-state index < -0.39 is 11.7 Å². The molecule has 9 heteroatoms. The highest BCUT2D eigenvalue weighted by Crippen LogP contribution is 2.49. The van der Waals surface area contributed by atoms with Crippen molar-refractivity contribution in [2.24, 2.45) is 11.8 Å². The molecule has 4 aliphatic rings. The van der Waals surface area contributed by atoms with Gasteiger partial charge in [0.2, 0.25) is 0 Å². The molecule has 1 aromatic rings. The molecule has 0 bridgehead atoms. The summed E-state index contributed by atoms with van der Waals surface area (Å²) in [4.78, 5) is 16.0. The van der Waals surface area contributed by atoms with Crippen LogP contribution in [0.25, 0.3) is 0 Å². The second-order valence-electron chi connectivity index (χ2n) is 10.1. The number of piperazine rings is 1. The Balaban J connectivity index is 1.31. The average Bonchev–Trinajstić information content (AvgIpc) is 2.88. The van der Waals surface area contributed by atoms with Gasteiger partial charge in [-0.05, 0) is 44.4 Å². The summed E-state index contributed by atoms with van der Waals surface area (Å²) >= 11 is 0. The van der Waals surface area contributed by atoms with Crippen LogP contribution in [-0.2, 0) is 15.7 Å². The Morgan fingerprint density at radius 2 is 1.97 bits per heavy atom. The quantitative estimate of drug-likeness (QED) is 0.607. The van der Waals surface area contributed by atoms with Gasteiger partial charge in [-0.2, -0.15) is 13.2 Å². The average molecular weight is 506 g/mol. The van der Waals surface area contributed by atoms with Gasteiger partial charge >= 0.3 is 12.3 Å². The zero-order chi connectivity index (χ0) is 25.3. The highest BCUT2D eigenvalue weighted by molar-refractivity contribution is 5.67. The van der Waals surface area contributed by atoms with E-state index in [1.807, 2.05) is 6.08 Å². The molecule has 0 radical (unpaired) electrons. The number of halogens is 3. The van der Waals surface area contributed by atoms with E-state index in [9.17, 15) is 18.0 Å². The molecule has 36 heavy (non-hydrogen) atoms. The van der Waals surface area contributed by atoms with E-state index >= 15 is 0 Å². The molecule has 3 aliphatic heterocycles. The largest absolute Gasteiger partial charge is 0.450 e. The summed E-state index contributed by atoms with van der Waals surface area (Å²) < 4.78 is 52.4.